The maximum Gasteiger partial charge on any atom is 0.308 e. The van der Waals surface area contributed by atoms with Gasteiger partial charge in [0.05, 0.1) is 5.56 Å². The van der Waals surface area contributed by atoms with Gasteiger partial charge in [-0.25, -0.2) is 4.39 Å². The summed E-state index contributed by atoms with van der Waals surface area (Å²) < 4.78 is 23.5. The smallest absolute Gasteiger partial charge is 0.308 e. The summed E-state index contributed by atoms with van der Waals surface area (Å²) in [6, 6.07) is 8.85. The normalized spacial score (nSPS) is 14.6. The first-order chi connectivity index (χ1) is 10.9. The zero-order valence-electron chi connectivity index (χ0n) is 12.6. The van der Waals surface area contributed by atoms with Gasteiger partial charge in [-0.15, -0.1) is 0 Å². The molecule has 0 saturated heterocycles. The Morgan fingerprint density at radius 2 is 1.91 bits per heavy atom. The maximum absolute atomic E-state index is 12.9. The predicted molar refractivity (Wildman–Crippen MR) is 81.8 cm³/mol. The third-order valence-corrected chi connectivity index (χ3v) is 3.37. The molecule has 0 aliphatic carbocycles. The van der Waals surface area contributed by atoms with Crippen LogP contribution < -0.4 is 9.47 Å². The molecule has 23 heavy (non-hydrogen) atoms. The van der Waals surface area contributed by atoms with Crippen molar-refractivity contribution < 1.29 is 23.5 Å². The molecule has 0 aromatic heterocycles. The van der Waals surface area contributed by atoms with E-state index in [1.807, 2.05) is 0 Å². The molecular weight excluding hydrogens is 299 g/mol. The fraction of sp³-hybridized carbons (Fsp3) is 0.111. The molecule has 0 saturated carbocycles. The zero-order valence-corrected chi connectivity index (χ0v) is 12.6. The highest BCUT2D eigenvalue weighted by Gasteiger charge is 2.30. The highest BCUT2D eigenvalue weighted by atomic mass is 19.1. The first kappa shape index (κ1) is 15.0. The van der Waals surface area contributed by atoms with Gasteiger partial charge in [-0.05, 0) is 42.3 Å². The van der Waals surface area contributed by atoms with Crippen molar-refractivity contribution in [2.24, 2.45) is 0 Å². The number of aryl methyl sites for hydroxylation is 1. The first-order valence-electron chi connectivity index (χ1n) is 6.97. The summed E-state index contributed by atoms with van der Waals surface area (Å²) >= 11 is 0. The lowest BCUT2D eigenvalue weighted by atomic mass is 10.0. The van der Waals surface area contributed by atoms with E-state index < -0.39 is 5.97 Å². The van der Waals surface area contributed by atoms with E-state index in [2.05, 4.69) is 0 Å². The number of benzene rings is 2. The number of carbonyl (C=O) groups excluding carboxylic acids is 2. The van der Waals surface area contributed by atoms with E-state index in [0.29, 0.717) is 28.2 Å². The monoisotopic (exact) mass is 312 g/mol. The highest BCUT2D eigenvalue weighted by molar-refractivity contribution is 6.15. The van der Waals surface area contributed by atoms with Gasteiger partial charge in [-0.3, -0.25) is 9.59 Å². The van der Waals surface area contributed by atoms with E-state index >= 15 is 0 Å². The number of allylic oxidation sites excluding steroid dienone is 1. The van der Waals surface area contributed by atoms with Gasteiger partial charge < -0.3 is 9.47 Å². The molecule has 0 atom stereocenters. The van der Waals surface area contributed by atoms with Gasteiger partial charge in [0.25, 0.3) is 0 Å². The number of Topliss-reactive ketones (excluding diaryl/α,β-unsaturated/α-hetero) is 1. The molecule has 2 aromatic carbocycles. The van der Waals surface area contributed by atoms with Crippen molar-refractivity contribution in [3.05, 3.63) is 64.7 Å². The molecular formula is C18H13FO4. The standard InChI is InChI=1S/C18H13FO4/c1-10-7-14(22-11(2)20)9-15-17(10)18(21)16(23-15)8-12-3-5-13(19)6-4-12/h3-9H,1-2H3/b16-8-. The van der Waals surface area contributed by atoms with E-state index in [1.54, 1.807) is 31.2 Å². The largest absolute Gasteiger partial charge is 0.452 e. The Bertz CT molecular complexity index is 835. The lowest BCUT2D eigenvalue weighted by Crippen LogP contribution is -2.02. The summed E-state index contributed by atoms with van der Waals surface area (Å²) in [4.78, 5) is 23.5. The fourth-order valence-electron chi connectivity index (χ4n) is 2.41. The van der Waals surface area contributed by atoms with Crippen LogP contribution in [0.1, 0.15) is 28.4 Å². The van der Waals surface area contributed by atoms with Gasteiger partial charge in [0.1, 0.15) is 17.3 Å². The van der Waals surface area contributed by atoms with Crippen molar-refractivity contribution >= 4 is 17.8 Å². The van der Waals surface area contributed by atoms with Gasteiger partial charge >= 0.3 is 5.97 Å². The molecule has 4 nitrogen and oxygen atoms in total. The van der Waals surface area contributed by atoms with Gasteiger partial charge in [0.15, 0.2) is 5.76 Å². The molecule has 0 radical (unpaired) electrons. The average molecular weight is 312 g/mol. The quantitative estimate of drug-likeness (QED) is 0.482. The molecule has 1 aliphatic rings. The summed E-state index contributed by atoms with van der Waals surface area (Å²) in [5.41, 5.74) is 1.75. The number of ether oxygens (including phenoxy) is 2. The summed E-state index contributed by atoms with van der Waals surface area (Å²) in [6.07, 6.45) is 1.55. The fourth-order valence-corrected chi connectivity index (χ4v) is 2.41. The van der Waals surface area contributed by atoms with Crippen molar-refractivity contribution in [3.8, 4) is 11.5 Å². The molecule has 116 valence electrons. The second kappa shape index (κ2) is 5.68. The molecule has 0 unspecified atom stereocenters. The van der Waals surface area contributed by atoms with Crippen LogP contribution in [0.25, 0.3) is 6.08 Å². The summed E-state index contributed by atoms with van der Waals surface area (Å²) in [5, 5.41) is 0. The number of hydrogen-bond acceptors (Lipinski definition) is 4. The number of hydrogen-bond donors (Lipinski definition) is 0. The third-order valence-electron chi connectivity index (χ3n) is 3.37. The number of halogens is 1. The molecule has 1 heterocycles. The van der Waals surface area contributed by atoms with Crippen LogP contribution in [-0.2, 0) is 4.79 Å². The van der Waals surface area contributed by atoms with Crippen LogP contribution in [-0.4, -0.2) is 11.8 Å². The molecule has 0 fully saturated rings. The number of rotatable bonds is 2. The number of fused-ring (bicyclic) bond motifs is 1. The van der Waals surface area contributed by atoms with E-state index in [0.717, 1.165) is 0 Å². The number of esters is 1. The Balaban J connectivity index is 1.96. The van der Waals surface area contributed by atoms with Crippen molar-refractivity contribution in [1.29, 1.82) is 0 Å². The first-order valence-corrected chi connectivity index (χ1v) is 6.97. The summed E-state index contributed by atoms with van der Waals surface area (Å²) in [7, 11) is 0. The minimum atomic E-state index is -0.448. The molecule has 1 aliphatic heterocycles. The SMILES string of the molecule is CC(=O)Oc1cc(C)c2c(c1)O/C(=C\c1ccc(F)cc1)C2=O. The van der Waals surface area contributed by atoms with Crippen LogP contribution in [0.5, 0.6) is 11.5 Å². The van der Waals surface area contributed by atoms with E-state index in [9.17, 15) is 14.0 Å². The molecule has 0 spiro atoms. The van der Waals surface area contributed by atoms with E-state index in [1.165, 1.54) is 25.1 Å². The molecule has 3 rings (SSSR count). The molecule has 2 aromatic rings. The van der Waals surface area contributed by atoms with Crippen LogP contribution in [0.2, 0.25) is 0 Å². The van der Waals surface area contributed by atoms with Crippen LogP contribution in [0.4, 0.5) is 4.39 Å². The lowest BCUT2D eigenvalue weighted by molar-refractivity contribution is -0.131. The zero-order chi connectivity index (χ0) is 16.6. The van der Waals surface area contributed by atoms with Gasteiger partial charge in [0.2, 0.25) is 5.78 Å². The van der Waals surface area contributed by atoms with Gasteiger partial charge in [-0.1, -0.05) is 12.1 Å². The molecule has 0 N–H and O–H groups in total. The lowest BCUT2D eigenvalue weighted by Gasteiger charge is -2.05. The minimum Gasteiger partial charge on any atom is -0.452 e. The Labute approximate surface area is 132 Å². The Hall–Kier alpha value is -2.95. The third kappa shape index (κ3) is 2.99. The second-order valence-electron chi connectivity index (χ2n) is 5.20. The van der Waals surface area contributed by atoms with Crippen LogP contribution in [0.3, 0.4) is 0 Å². The van der Waals surface area contributed by atoms with Crippen molar-refractivity contribution in [1.82, 2.24) is 0 Å². The number of ketones is 1. The molecule has 5 heteroatoms. The second-order valence-corrected chi connectivity index (χ2v) is 5.20. The maximum atomic E-state index is 12.9. The Morgan fingerprint density at radius 1 is 1.22 bits per heavy atom. The summed E-state index contributed by atoms with van der Waals surface area (Å²) in [6.45, 7) is 3.04. The highest BCUT2D eigenvalue weighted by Crippen LogP contribution is 2.37. The Kier molecular flexibility index (Phi) is 3.70. The van der Waals surface area contributed by atoms with Crippen LogP contribution in [0, 0.1) is 12.7 Å². The van der Waals surface area contributed by atoms with E-state index in [4.69, 9.17) is 9.47 Å². The van der Waals surface area contributed by atoms with Gasteiger partial charge in [-0.2, -0.15) is 0 Å². The average Bonchev–Trinajstić information content (AvgIpc) is 2.77. The Morgan fingerprint density at radius 3 is 2.57 bits per heavy atom. The molecule has 0 amide bonds. The van der Waals surface area contributed by atoms with Gasteiger partial charge in [0, 0.05) is 13.0 Å². The van der Waals surface area contributed by atoms with Crippen molar-refractivity contribution in [2.75, 3.05) is 0 Å². The number of carbonyl (C=O) groups is 2. The predicted octanol–water partition coefficient (Wildman–Crippen LogP) is 3.68. The molecule has 0 bridgehead atoms. The van der Waals surface area contributed by atoms with Crippen LogP contribution in [0.15, 0.2) is 42.2 Å². The van der Waals surface area contributed by atoms with Crippen LogP contribution >= 0.6 is 0 Å². The topological polar surface area (TPSA) is 52.6 Å². The minimum absolute atomic E-state index is 0.148. The summed E-state index contributed by atoms with van der Waals surface area (Å²) in [5.74, 6) is -0.234. The van der Waals surface area contributed by atoms with Crippen molar-refractivity contribution in [3.63, 3.8) is 0 Å². The van der Waals surface area contributed by atoms with Crippen molar-refractivity contribution in [2.45, 2.75) is 13.8 Å². The van der Waals surface area contributed by atoms with E-state index in [-0.39, 0.29) is 17.4 Å².